The first-order chi connectivity index (χ1) is 7.99. The number of piperidine rings is 1. The molecule has 1 aliphatic heterocycles. The van der Waals surface area contributed by atoms with E-state index in [0.717, 1.165) is 25.9 Å². The second-order valence-corrected chi connectivity index (χ2v) is 5.54. The molecule has 1 aromatic carbocycles. The van der Waals surface area contributed by atoms with E-state index in [9.17, 15) is 4.79 Å². The predicted octanol–water partition coefficient (Wildman–Crippen LogP) is 2.53. The van der Waals surface area contributed by atoms with Crippen LogP contribution in [0.3, 0.4) is 0 Å². The molecule has 17 heavy (non-hydrogen) atoms. The molecule has 0 saturated carbocycles. The van der Waals surface area contributed by atoms with Gasteiger partial charge in [-0.15, -0.1) is 0 Å². The lowest BCUT2D eigenvalue weighted by atomic mass is 9.82. The van der Waals surface area contributed by atoms with E-state index in [1.807, 2.05) is 17.0 Å². The fraction of sp³-hybridized carbons (Fsp3) is 0.500. The van der Waals surface area contributed by atoms with Crippen molar-refractivity contribution in [1.29, 1.82) is 0 Å². The molecule has 0 atom stereocenters. The molecule has 1 aromatic rings. The predicted molar refractivity (Wildman–Crippen MR) is 69.8 cm³/mol. The standard InChI is InChI=1S/C14H20N2O/c1-14(2)7-9-16(10-8-14)13(17)11-5-3-4-6-12(11)15/h3-6H,7-10,15H2,1-2H3. The summed E-state index contributed by atoms with van der Waals surface area (Å²) >= 11 is 0. The van der Waals surface area contributed by atoms with Crippen molar-refractivity contribution in [3.8, 4) is 0 Å². The minimum atomic E-state index is 0.0681. The maximum Gasteiger partial charge on any atom is 0.255 e. The molecule has 0 aliphatic carbocycles. The average Bonchev–Trinajstić information content (AvgIpc) is 2.29. The highest BCUT2D eigenvalue weighted by atomic mass is 16.2. The number of para-hydroxylation sites is 1. The van der Waals surface area contributed by atoms with Crippen LogP contribution in [0.15, 0.2) is 24.3 Å². The Morgan fingerprint density at radius 3 is 2.41 bits per heavy atom. The van der Waals surface area contributed by atoms with Gasteiger partial charge in [0.25, 0.3) is 5.91 Å². The summed E-state index contributed by atoms with van der Waals surface area (Å²) in [5.74, 6) is 0.0681. The van der Waals surface area contributed by atoms with Crippen molar-refractivity contribution in [2.75, 3.05) is 18.8 Å². The molecule has 1 heterocycles. The Hall–Kier alpha value is -1.51. The topological polar surface area (TPSA) is 46.3 Å². The van der Waals surface area contributed by atoms with Crippen LogP contribution < -0.4 is 5.73 Å². The number of carbonyl (C=O) groups is 1. The van der Waals surface area contributed by atoms with Crippen molar-refractivity contribution >= 4 is 11.6 Å². The van der Waals surface area contributed by atoms with E-state index in [0.29, 0.717) is 16.7 Å². The lowest BCUT2D eigenvalue weighted by molar-refractivity contribution is 0.0631. The SMILES string of the molecule is CC1(C)CCN(C(=O)c2ccccc2N)CC1. The quantitative estimate of drug-likeness (QED) is 0.756. The summed E-state index contributed by atoms with van der Waals surface area (Å²) in [5, 5.41) is 0. The Kier molecular flexibility index (Phi) is 3.09. The van der Waals surface area contributed by atoms with Crippen LogP contribution in [-0.2, 0) is 0 Å². The van der Waals surface area contributed by atoms with Crippen LogP contribution in [0, 0.1) is 5.41 Å². The lowest BCUT2D eigenvalue weighted by Crippen LogP contribution is -2.41. The Morgan fingerprint density at radius 1 is 1.24 bits per heavy atom. The van der Waals surface area contributed by atoms with Crippen LogP contribution in [0.2, 0.25) is 0 Å². The van der Waals surface area contributed by atoms with Crippen molar-refractivity contribution in [3.05, 3.63) is 29.8 Å². The molecule has 1 fully saturated rings. The maximum atomic E-state index is 12.3. The van der Waals surface area contributed by atoms with Gasteiger partial charge in [-0.25, -0.2) is 0 Å². The molecule has 2 N–H and O–H groups in total. The molecule has 2 rings (SSSR count). The van der Waals surface area contributed by atoms with E-state index in [1.165, 1.54) is 0 Å². The van der Waals surface area contributed by atoms with Gasteiger partial charge in [-0.1, -0.05) is 26.0 Å². The van der Waals surface area contributed by atoms with Gasteiger partial charge in [0.2, 0.25) is 0 Å². The zero-order chi connectivity index (χ0) is 12.5. The molecule has 1 saturated heterocycles. The third-order valence-corrected chi connectivity index (χ3v) is 3.60. The molecule has 3 heteroatoms. The number of carbonyl (C=O) groups excluding carboxylic acids is 1. The van der Waals surface area contributed by atoms with Crippen LogP contribution in [0.1, 0.15) is 37.0 Å². The first-order valence-corrected chi connectivity index (χ1v) is 6.13. The highest BCUT2D eigenvalue weighted by Gasteiger charge is 2.28. The van der Waals surface area contributed by atoms with Gasteiger partial charge >= 0.3 is 0 Å². The van der Waals surface area contributed by atoms with Crippen LogP contribution in [0.5, 0.6) is 0 Å². The number of nitrogen functional groups attached to an aromatic ring is 1. The van der Waals surface area contributed by atoms with Gasteiger partial charge in [-0.05, 0) is 30.4 Å². The number of nitrogens with two attached hydrogens (primary N) is 1. The van der Waals surface area contributed by atoms with Gasteiger partial charge < -0.3 is 10.6 Å². The molecule has 1 amide bonds. The van der Waals surface area contributed by atoms with Crippen LogP contribution in [0.4, 0.5) is 5.69 Å². The zero-order valence-electron chi connectivity index (χ0n) is 10.6. The molecular formula is C14H20N2O. The normalized spacial score (nSPS) is 19.1. The highest BCUT2D eigenvalue weighted by molar-refractivity contribution is 5.99. The third-order valence-electron chi connectivity index (χ3n) is 3.60. The summed E-state index contributed by atoms with van der Waals surface area (Å²) in [6.07, 6.45) is 2.12. The molecule has 92 valence electrons. The molecule has 0 bridgehead atoms. The average molecular weight is 232 g/mol. The molecule has 1 aliphatic rings. The van der Waals surface area contributed by atoms with E-state index in [-0.39, 0.29) is 5.91 Å². The number of amides is 1. The Bertz CT molecular complexity index is 416. The lowest BCUT2D eigenvalue weighted by Gasteiger charge is -2.37. The monoisotopic (exact) mass is 232 g/mol. The number of hydrogen-bond donors (Lipinski definition) is 1. The van der Waals surface area contributed by atoms with Crippen molar-refractivity contribution in [1.82, 2.24) is 4.90 Å². The fourth-order valence-electron chi connectivity index (χ4n) is 2.18. The molecule has 0 aromatic heterocycles. The van der Waals surface area contributed by atoms with E-state index in [4.69, 9.17) is 5.73 Å². The molecule has 0 radical (unpaired) electrons. The van der Waals surface area contributed by atoms with Crippen LogP contribution in [-0.4, -0.2) is 23.9 Å². The maximum absolute atomic E-state index is 12.3. The first kappa shape index (κ1) is 12.0. The first-order valence-electron chi connectivity index (χ1n) is 6.13. The van der Waals surface area contributed by atoms with Crippen molar-refractivity contribution in [2.45, 2.75) is 26.7 Å². The largest absolute Gasteiger partial charge is 0.398 e. The van der Waals surface area contributed by atoms with Crippen molar-refractivity contribution in [3.63, 3.8) is 0 Å². The number of anilines is 1. The third kappa shape index (κ3) is 2.60. The Balaban J connectivity index is 2.10. The number of nitrogens with zero attached hydrogens (tertiary/aromatic N) is 1. The second kappa shape index (κ2) is 4.40. The summed E-state index contributed by atoms with van der Waals surface area (Å²) in [5.41, 5.74) is 7.40. The number of benzene rings is 1. The molecule has 3 nitrogen and oxygen atoms in total. The molecule has 0 spiro atoms. The minimum Gasteiger partial charge on any atom is -0.398 e. The van der Waals surface area contributed by atoms with Gasteiger partial charge in [0.05, 0.1) is 5.56 Å². The van der Waals surface area contributed by atoms with Gasteiger partial charge in [0.15, 0.2) is 0 Å². The zero-order valence-corrected chi connectivity index (χ0v) is 10.6. The smallest absolute Gasteiger partial charge is 0.255 e. The number of likely N-dealkylation sites (tertiary alicyclic amines) is 1. The molecular weight excluding hydrogens is 212 g/mol. The van der Waals surface area contributed by atoms with Crippen LogP contribution >= 0.6 is 0 Å². The summed E-state index contributed by atoms with van der Waals surface area (Å²) in [6.45, 7) is 6.18. The highest BCUT2D eigenvalue weighted by Crippen LogP contribution is 2.30. The van der Waals surface area contributed by atoms with Gasteiger partial charge in [0, 0.05) is 18.8 Å². The summed E-state index contributed by atoms with van der Waals surface area (Å²) in [7, 11) is 0. The minimum absolute atomic E-state index is 0.0681. The number of rotatable bonds is 1. The summed E-state index contributed by atoms with van der Waals surface area (Å²) in [6, 6.07) is 7.29. The Morgan fingerprint density at radius 2 is 1.82 bits per heavy atom. The summed E-state index contributed by atoms with van der Waals surface area (Å²) in [4.78, 5) is 14.2. The summed E-state index contributed by atoms with van der Waals surface area (Å²) < 4.78 is 0. The van der Waals surface area contributed by atoms with Gasteiger partial charge in [-0.3, -0.25) is 4.79 Å². The van der Waals surface area contributed by atoms with Crippen molar-refractivity contribution < 1.29 is 4.79 Å². The second-order valence-electron chi connectivity index (χ2n) is 5.54. The van der Waals surface area contributed by atoms with Crippen molar-refractivity contribution in [2.24, 2.45) is 5.41 Å². The van der Waals surface area contributed by atoms with E-state index < -0.39 is 0 Å². The van der Waals surface area contributed by atoms with Gasteiger partial charge in [0.1, 0.15) is 0 Å². The van der Waals surface area contributed by atoms with E-state index in [2.05, 4.69) is 13.8 Å². The van der Waals surface area contributed by atoms with Crippen LogP contribution in [0.25, 0.3) is 0 Å². The number of hydrogen-bond acceptors (Lipinski definition) is 2. The Labute approximate surface area is 103 Å². The fourth-order valence-corrected chi connectivity index (χ4v) is 2.18. The van der Waals surface area contributed by atoms with E-state index >= 15 is 0 Å². The molecule has 0 unspecified atom stereocenters. The van der Waals surface area contributed by atoms with Gasteiger partial charge in [-0.2, -0.15) is 0 Å². The van der Waals surface area contributed by atoms with E-state index in [1.54, 1.807) is 12.1 Å².